The van der Waals surface area contributed by atoms with Gasteiger partial charge in [-0.25, -0.2) is 9.59 Å². The Kier molecular flexibility index (Phi) is 6.01. The van der Waals surface area contributed by atoms with Crippen LogP contribution in [0.5, 0.6) is 0 Å². The maximum atomic E-state index is 12.2. The number of carbonyl (C=O) groups is 2. The molecule has 21 heavy (non-hydrogen) atoms. The van der Waals surface area contributed by atoms with Crippen LogP contribution < -0.4 is 5.32 Å². The average Bonchev–Trinajstić information content (AvgIpc) is 2.85. The molecule has 0 spiro atoms. The first-order chi connectivity index (χ1) is 9.70. The first-order valence-electron chi connectivity index (χ1n) is 7.73. The van der Waals surface area contributed by atoms with Gasteiger partial charge >= 0.3 is 12.0 Å². The monoisotopic (exact) mass is 299 g/mol. The van der Waals surface area contributed by atoms with E-state index in [9.17, 15) is 14.7 Å². The van der Waals surface area contributed by atoms with Crippen molar-refractivity contribution >= 4 is 12.0 Å². The van der Waals surface area contributed by atoms with Crippen LogP contribution in [0.3, 0.4) is 0 Å². The summed E-state index contributed by atoms with van der Waals surface area (Å²) in [6, 6.07) is 0.233. The Morgan fingerprint density at radius 1 is 1.43 bits per heavy atom. The minimum absolute atomic E-state index is 0.298. The molecule has 0 aromatic rings. The number of carbonyl (C=O) groups excluding carboxylic acids is 1. The minimum atomic E-state index is -1.20. The molecule has 1 rings (SSSR count). The topological polar surface area (TPSA) is 72.9 Å². The predicted octanol–water partition coefficient (Wildman–Crippen LogP) is 1.61. The lowest BCUT2D eigenvalue weighted by Gasteiger charge is -2.34. The molecule has 6 nitrogen and oxygen atoms in total. The molecule has 1 aliphatic heterocycles. The summed E-state index contributed by atoms with van der Waals surface area (Å²) in [6.45, 7) is 12.3. The minimum Gasteiger partial charge on any atom is -0.480 e. The van der Waals surface area contributed by atoms with Gasteiger partial charge in [-0.15, -0.1) is 0 Å². The van der Waals surface area contributed by atoms with Gasteiger partial charge in [0.15, 0.2) is 0 Å². The van der Waals surface area contributed by atoms with E-state index in [1.54, 1.807) is 20.8 Å². The van der Waals surface area contributed by atoms with E-state index < -0.39 is 11.5 Å². The Bertz CT molecular complexity index is 382. The molecule has 0 aromatic heterocycles. The van der Waals surface area contributed by atoms with Crippen LogP contribution in [0.2, 0.25) is 0 Å². The molecule has 122 valence electrons. The van der Waals surface area contributed by atoms with Gasteiger partial charge in [-0.3, -0.25) is 0 Å². The lowest BCUT2D eigenvalue weighted by atomic mass is 10.0. The summed E-state index contributed by atoms with van der Waals surface area (Å²) in [5.74, 6) is -0.547. The molecule has 0 bridgehead atoms. The summed E-state index contributed by atoms with van der Waals surface area (Å²) >= 11 is 0. The van der Waals surface area contributed by atoms with Crippen molar-refractivity contribution in [3.05, 3.63) is 0 Å². The van der Waals surface area contributed by atoms with Gasteiger partial charge in [0.25, 0.3) is 0 Å². The predicted molar refractivity (Wildman–Crippen MR) is 82.3 cm³/mol. The molecule has 2 amide bonds. The highest BCUT2D eigenvalue weighted by Crippen LogP contribution is 2.18. The molecule has 6 heteroatoms. The van der Waals surface area contributed by atoms with E-state index in [-0.39, 0.29) is 6.03 Å². The van der Waals surface area contributed by atoms with Crippen molar-refractivity contribution < 1.29 is 14.7 Å². The van der Waals surface area contributed by atoms with Crippen LogP contribution in [0, 0.1) is 5.92 Å². The van der Waals surface area contributed by atoms with Crippen LogP contribution in [0.15, 0.2) is 0 Å². The fourth-order valence-corrected chi connectivity index (χ4v) is 2.73. The molecular weight excluding hydrogens is 270 g/mol. The number of carboxylic acids is 1. The van der Waals surface area contributed by atoms with Gasteiger partial charge in [0.1, 0.15) is 5.54 Å². The van der Waals surface area contributed by atoms with Crippen molar-refractivity contribution in [2.45, 2.75) is 52.6 Å². The van der Waals surface area contributed by atoms with Crippen LogP contribution in [0.1, 0.15) is 41.0 Å². The van der Waals surface area contributed by atoms with Crippen LogP contribution >= 0.6 is 0 Å². The third kappa shape index (κ3) is 4.33. The second kappa shape index (κ2) is 7.11. The quantitative estimate of drug-likeness (QED) is 0.781. The molecule has 1 unspecified atom stereocenters. The highest BCUT2D eigenvalue weighted by Gasteiger charge is 2.37. The van der Waals surface area contributed by atoms with Crippen LogP contribution in [-0.4, -0.2) is 64.7 Å². The van der Waals surface area contributed by atoms with E-state index in [1.807, 2.05) is 0 Å². The second-order valence-electron chi connectivity index (χ2n) is 6.54. The summed E-state index contributed by atoms with van der Waals surface area (Å²) < 4.78 is 0. The summed E-state index contributed by atoms with van der Waals surface area (Å²) in [7, 11) is 0. The van der Waals surface area contributed by atoms with Gasteiger partial charge < -0.3 is 20.2 Å². The maximum Gasteiger partial charge on any atom is 0.329 e. The number of likely N-dealkylation sites (N-methyl/N-ethyl adjacent to an activating group) is 1. The Labute approximate surface area is 127 Å². The van der Waals surface area contributed by atoms with Gasteiger partial charge in [-0.1, -0.05) is 0 Å². The Morgan fingerprint density at radius 3 is 2.48 bits per heavy atom. The molecule has 1 saturated heterocycles. The van der Waals surface area contributed by atoms with E-state index >= 15 is 0 Å². The van der Waals surface area contributed by atoms with Crippen molar-refractivity contribution in [2.75, 3.05) is 26.2 Å². The van der Waals surface area contributed by atoms with E-state index in [2.05, 4.69) is 24.1 Å². The normalized spacial score (nSPS) is 19.8. The fraction of sp³-hybridized carbons (Fsp3) is 0.867. The molecule has 0 aliphatic carbocycles. The number of likely N-dealkylation sites (tertiary alicyclic amines) is 1. The largest absolute Gasteiger partial charge is 0.480 e. The van der Waals surface area contributed by atoms with Crippen molar-refractivity contribution in [1.29, 1.82) is 0 Å². The molecule has 0 radical (unpaired) electrons. The number of hydrogen-bond acceptors (Lipinski definition) is 3. The standard InChI is InChI=1S/C15H29N3O3/c1-6-18(15(4,5)13(19)20)14(21)16-9-12-7-8-17(10-12)11(2)3/h11-12H,6-10H2,1-5H3,(H,16,21)(H,19,20). The first kappa shape index (κ1) is 17.8. The third-order valence-electron chi connectivity index (χ3n) is 4.35. The van der Waals surface area contributed by atoms with Gasteiger partial charge in [0, 0.05) is 25.7 Å². The molecule has 2 N–H and O–H groups in total. The van der Waals surface area contributed by atoms with Crippen LogP contribution in [-0.2, 0) is 4.79 Å². The van der Waals surface area contributed by atoms with Crippen molar-refractivity contribution in [3.8, 4) is 0 Å². The van der Waals surface area contributed by atoms with Gasteiger partial charge in [0.05, 0.1) is 0 Å². The summed E-state index contributed by atoms with van der Waals surface area (Å²) in [6.07, 6.45) is 1.08. The first-order valence-corrected chi connectivity index (χ1v) is 7.73. The number of urea groups is 1. The lowest BCUT2D eigenvalue weighted by Crippen LogP contribution is -2.56. The molecule has 1 heterocycles. The highest BCUT2D eigenvalue weighted by atomic mass is 16.4. The van der Waals surface area contributed by atoms with Crippen LogP contribution in [0.25, 0.3) is 0 Å². The molecular formula is C15H29N3O3. The number of nitrogens with zero attached hydrogens (tertiary/aromatic N) is 2. The highest BCUT2D eigenvalue weighted by molar-refractivity contribution is 5.85. The number of amides is 2. The van der Waals surface area contributed by atoms with Gasteiger partial charge in [0.2, 0.25) is 0 Å². The van der Waals surface area contributed by atoms with Crippen molar-refractivity contribution in [3.63, 3.8) is 0 Å². The smallest absolute Gasteiger partial charge is 0.329 e. The van der Waals surface area contributed by atoms with E-state index in [1.165, 1.54) is 4.90 Å². The summed E-state index contributed by atoms with van der Waals surface area (Å²) in [5, 5.41) is 12.1. The zero-order valence-corrected chi connectivity index (χ0v) is 13.8. The Morgan fingerprint density at radius 2 is 2.05 bits per heavy atom. The van der Waals surface area contributed by atoms with Gasteiger partial charge in [-0.2, -0.15) is 0 Å². The maximum absolute atomic E-state index is 12.2. The van der Waals surface area contributed by atoms with E-state index in [0.717, 1.165) is 19.5 Å². The van der Waals surface area contributed by atoms with E-state index in [4.69, 9.17) is 0 Å². The Balaban J connectivity index is 2.51. The average molecular weight is 299 g/mol. The molecule has 1 fully saturated rings. The van der Waals surface area contributed by atoms with E-state index in [0.29, 0.717) is 25.0 Å². The SMILES string of the molecule is CCN(C(=O)NCC1CCN(C(C)C)C1)C(C)(C)C(=O)O. The summed E-state index contributed by atoms with van der Waals surface area (Å²) in [5.41, 5.74) is -1.20. The summed E-state index contributed by atoms with van der Waals surface area (Å²) in [4.78, 5) is 27.3. The third-order valence-corrected chi connectivity index (χ3v) is 4.35. The van der Waals surface area contributed by atoms with Crippen LogP contribution in [0.4, 0.5) is 4.79 Å². The zero-order valence-electron chi connectivity index (χ0n) is 13.8. The van der Waals surface area contributed by atoms with Crippen molar-refractivity contribution in [2.24, 2.45) is 5.92 Å². The fourth-order valence-electron chi connectivity index (χ4n) is 2.73. The molecule has 0 saturated carbocycles. The number of hydrogen-bond donors (Lipinski definition) is 2. The number of rotatable bonds is 6. The number of nitrogens with one attached hydrogen (secondary N) is 1. The Hall–Kier alpha value is -1.30. The molecule has 0 aromatic carbocycles. The van der Waals surface area contributed by atoms with Crippen molar-refractivity contribution in [1.82, 2.24) is 15.1 Å². The molecule has 1 atom stereocenters. The zero-order chi connectivity index (χ0) is 16.2. The second-order valence-corrected chi connectivity index (χ2v) is 6.54. The lowest BCUT2D eigenvalue weighted by molar-refractivity contribution is -0.147. The molecule has 1 aliphatic rings. The number of carboxylic acid groups (broad SMARTS) is 1. The number of aliphatic carboxylic acids is 1. The van der Waals surface area contributed by atoms with Gasteiger partial charge in [-0.05, 0) is 53.5 Å².